The average molecular weight is 220 g/mol. The lowest BCUT2D eigenvalue weighted by molar-refractivity contribution is -0.139. The molecule has 0 saturated carbocycles. The van der Waals surface area contributed by atoms with Gasteiger partial charge in [0.05, 0.1) is 0 Å². The minimum atomic E-state index is -0.990. The molecule has 84 valence electrons. The van der Waals surface area contributed by atoms with Crippen molar-refractivity contribution in [2.24, 2.45) is 0 Å². The van der Waals surface area contributed by atoms with E-state index in [1.807, 2.05) is 19.1 Å². The Morgan fingerprint density at radius 3 is 2.88 bits per heavy atom. The Hall–Kier alpha value is -1.95. The number of nitrogens with zero attached hydrogens (tertiary/aromatic N) is 3. The fraction of sp³-hybridized carbons (Fsp3) is 0.300. The predicted molar refractivity (Wildman–Crippen MR) is 57.2 cm³/mol. The Balaban J connectivity index is 2.54. The number of aromatic nitrogens is 3. The van der Waals surface area contributed by atoms with Crippen molar-refractivity contribution in [1.82, 2.24) is 19.9 Å². The van der Waals surface area contributed by atoms with Crippen molar-refractivity contribution in [2.75, 3.05) is 7.05 Å². The van der Waals surface area contributed by atoms with Gasteiger partial charge in [0.15, 0.2) is 17.5 Å². The van der Waals surface area contributed by atoms with Gasteiger partial charge in [-0.1, -0.05) is 6.07 Å². The van der Waals surface area contributed by atoms with Gasteiger partial charge in [0.25, 0.3) is 0 Å². The molecule has 1 unspecified atom stereocenters. The first kappa shape index (κ1) is 10.6. The Labute approximate surface area is 91.9 Å². The summed E-state index contributed by atoms with van der Waals surface area (Å²) >= 11 is 0. The summed E-state index contributed by atoms with van der Waals surface area (Å²) in [4.78, 5) is 15.1. The van der Waals surface area contributed by atoms with E-state index >= 15 is 0 Å². The molecule has 6 nitrogen and oxygen atoms in total. The van der Waals surface area contributed by atoms with Gasteiger partial charge in [-0.2, -0.15) is 0 Å². The summed E-state index contributed by atoms with van der Waals surface area (Å²) in [5.41, 5.74) is 1.56. The highest BCUT2D eigenvalue weighted by Gasteiger charge is 2.22. The standard InChI is InChI=1S/C10H12N4O2/c1-6-4-3-5-7-12-9(13-14(6)7)8(11-2)10(15)16/h3-5,8,11H,1-2H3,(H,15,16). The Kier molecular flexibility index (Phi) is 2.57. The lowest BCUT2D eigenvalue weighted by atomic mass is 10.3. The van der Waals surface area contributed by atoms with Crippen LogP contribution < -0.4 is 5.32 Å². The van der Waals surface area contributed by atoms with Gasteiger partial charge in [-0.15, -0.1) is 5.10 Å². The third-order valence-corrected chi connectivity index (χ3v) is 2.36. The summed E-state index contributed by atoms with van der Waals surface area (Å²) in [5, 5.41) is 15.8. The van der Waals surface area contributed by atoms with Gasteiger partial charge in [0.1, 0.15) is 0 Å². The summed E-state index contributed by atoms with van der Waals surface area (Å²) in [5.74, 6) is -0.722. The van der Waals surface area contributed by atoms with Crippen LogP contribution in [0.5, 0.6) is 0 Å². The highest BCUT2D eigenvalue weighted by atomic mass is 16.4. The number of rotatable bonds is 3. The van der Waals surface area contributed by atoms with E-state index in [0.717, 1.165) is 5.69 Å². The number of pyridine rings is 1. The van der Waals surface area contributed by atoms with Crippen LogP contribution in [0.2, 0.25) is 0 Å². The van der Waals surface area contributed by atoms with Crippen molar-refractivity contribution < 1.29 is 9.90 Å². The SMILES string of the molecule is CNC(C(=O)O)c1nc2cccc(C)n2n1. The summed E-state index contributed by atoms with van der Waals surface area (Å²) in [6.07, 6.45) is 0. The molecular weight excluding hydrogens is 208 g/mol. The smallest absolute Gasteiger partial charge is 0.328 e. The summed E-state index contributed by atoms with van der Waals surface area (Å²) < 4.78 is 1.63. The minimum absolute atomic E-state index is 0.268. The van der Waals surface area contributed by atoms with E-state index in [0.29, 0.717) is 5.65 Å². The lowest BCUT2D eigenvalue weighted by Crippen LogP contribution is -2.26. The lowest BCUT2D eigenvalue weighted by Gasteiger charge is -2.04. The van der Waals surface area contributed by atoms with E-state index in [1.165, 1.54) is 0 Å². The maximum atomic E-state index is 10.9. The van der Waals surface area contributed by atoms with Crippen molar-refractivity contribution in [3.63, 3.8) is 0 Å². The van der Waals surface area contributed by atoms with Gasteiger partial charge >= 0.3 is 5.97 Å². The summed E-state index contributed by atoms with van der Waals surface area (Å²) in [6, 6.07) is 4.66. The number of nitrogens with one attached hydrogen (secondary N) is 1. The van der Waals surface area contributed by atoms with E-state index in [9.17, 15) is 4.79 Å². The number of hydrogen-bond acceptors (Lipinski definition) is 4. The number of likely N-dealkylation sites (N-methyl/N-ethyl adjacent to an activating group) is 1. The molecule has 2 heterocycles. The second-order valence-electron chi connectivity index (χ2n) is 3.47. The van der Waals surface area contributed by atoms with Crippen LogP contribution in [0.1, 0.15) is 17.6 Å². The minimum Gasteiger partial charge on any atom is -0.480 e. The fourth-order valence-corrected chi connectivity index (χ4v) is 1.54. The van der Waals surface area contributed by atoms with Gasteiger partial charge in [0, 0.05) is 5.69 Å². The molecule has 0 aliphatic heterocycles. The van der Waals surface area contributed by atoms with Crippen LogP contribution in [0, 0.1) is 6.92 Å². The van der Waals surface area contributed by atoms with Gasteiger partial charge in [-0.25, -0.2) is 9.50 Å². The zero-order chi connectivity index (χ0) is 11.7. The number of hydrogen-bond donors (Lipinski definition) is 2. The molecule has 2 aromatic heterocycles. The van der Waals surface area contributed by atoms with E-state index in [1.54, 1.807) is 17.6 Å². The first-order valence-corrected chi connectivity index (χ1v) is 4.86. The molecule has 0 aliphatic rings. The number of carboxylic acids is 1. The molecule has 0 spiro atoms. The normalized spacial score (nSPS) is 12.9. The van der Waals surface area contributed by atoms with E-state index in [-0.39, 0.29) is 5.82 Å². The Bertz CT molecular complexity index is 535. The van der Waals surface area contributed by atoms with Crippen molar-refractivity contribution >= 4 is 11.6 Å². The quantitative estimate of drug-likeness (QED) is 0.781. The van der Waals surface area contributed by atoms with Gasteiger partial charge in [0.2, 0.25) is 0 Å². The van der Waals surface area contributed by atoms with Crippen molar-refractivity contribution in [3.05, 3.63) is 29.7 Å². The van der Waals surface area contributed by atoms with Crippen LogP contribution in [-0.2, 0) is 4.79 Å². The van der Waals surface area contributed by atoms with Crippen LogP contribution in [0.15, 0.2) is 18.2 Å². The number of fused-ring (bicyclic) bond motifs is 1. The topological polar surface area (TPSA) is 79.5 Å². The molecule has 16 heavy (non-hydrogen) atoms. The van der Waals surface area contributed by atoms with Crippen molar-refractivity contribution in [3.8, 4) is 0 Å². The molecule has 2 N–H and O–H groups in total. The number of aliphatic carboxylic acids is 1. The first-order chi connectivity index (χ1) is 7.63. The maximum absolute atomic E-state index is 10.9. The third kappa shape index (κ3) is 1.63. The monoisotopic (exact) mass is 220 g/mol. The Morgan fingerprint density at radius 2 is 2.31 bits per heavy atom. The maximum Gasteiger partial charge on any atom is 0.328 e. The second kappa shape index (κ2) is 3.90. The molecule has 0 aromatic carbocycles. The first-order valence-electron chi connectivity index (χ1n) is 4.86. The number of carbonyl (C=O) groups is 1. The summed E-state index contributed by atoms with van der Waals surface area (Å²) in [6.45, 7) is 1.89. The predicted octanol–water partition coefficient (Wildman–Crippen LogP) is 0.383. The van der Waals surface area contributed by atoms with Crippen LogP contribution >= 0.6 is 0 Å². The average Bonchev–Trinajstić information content (AvgIpc) is 2.63. The molecule has 0 bridgehead atoms. The molecule has 2 rings (SSSR count). The molecule has 1 atom stereocenters. The van der Waals surface area contributed by atoms with Crippen molar-refractivity contribution in [1.29, 1.82) is 0 Å². The van der Waals surface area contributed by atoms with Crippen LogP contribution in [-0.4, -0.2) is 32.7 Å². The Morgan fingerprint density at radius 1 is 1.56 bits per heavy atom. The van der Waals surface area contributed by atoms with Gasteiger partial charge in [-0.05, 0) is 26.1 Å². The molecular formula is C10H12N4O2. The van der Waals surface area contributed by atoms with E-state index < -0.39 is 12.0 Å². The van der Waals surface area contributed by atoms with E-state index in [2.05, 4.69) is 15.4 Å². The largest absolute Gasteiger partial charge is 0.480 e. The highest BCUT2D eigenvalue weighted by Crippen LogP contribution is 2.11. The zero-order valence-corrected chi connectivity index (χ0v) is 9.01. The molecule has 2 aromatic rings. The van der Waals surface area contributed by atoms with Crippen molar-refractivity contribution in [2.45, 2.75) is 13.0 Å². The molecule has 6 heteroatoms. The summed E-state index contributed by atoms with van der Waals surface area (Å²) in [7, 11) is 1.57. The van der Waals surface area contributed by atoms with Gasteiger partial charge in [-0.3, -0.25) is 4.79 Å². The van der Waals surface area contributed by atoms with Crippen LogP contribution in [0.4, 0.5) is 0 Å². The molecule has 0 amide bonds. The third-order valence-electron chi connectivity index (χ3n) is 2.36. The second-order valence-corrected chi connectivity index (χ2v) is 3.47. The van der Waals surface area contributed by atoms with E-state index in [4.69, 9.17) is 5.11 Å². The fourth-order valence-electron chi connectivity index (χ4n) is 1.54. The molecule has 0 aliphatic carbocycles. The van der Waals surface area contributed by atoms with Gasteiger partial charge < -0.3 is 10.4 Å². The van der Waals surface area contributed by atoms with Crippen LogP contribution in [0.25, 0.3) is 5.65 Å². The zero-order valence-electron chi connectivity index (χ0n) is 9.01. The molecule has 0 radical (unpaired) electrons. The number of carboxylic acid groups (broad SMARTS) is 1. The highest BCUT2D eigenvalue weighted by molar-refractivity contribution is 5.74. The van der Waals surface area contributed by atoms with Crippen LogP contribution in [0.3, 0.4) is 0 Å². The molecule has 0 fully saturated rings. The molecule has 0 saturated heterocycles. The number of aryl methyl sites for hydroxylation is 1.